The van der Waals surface area contributed by atoms with Crippen LogP contribution >= 0.6 is 11.3 Å². The molecule has 5 heteroatoms. The van der Waals surface area contributed by atoms with Gasteiger partial charge in [-0.2, -0.15) is 0 Å². The van der Waals surface area contributed by atoms with Crippen LogP contribution in [-0.4, -0.2) is 16.2 Å². The van der Waals surface area contributed by atoms with E-state index >= 15 is 0 Å². The van der Waals surface area contributed by atoms with E-state index in [2.05, 4.69) is 38.1 Å². The Morgan fingerprint density at radius 2 is 2.24 bits per heavy atom. The third kappa shape index (κ3) is 2.52. The highest BCUT2D eigenvalue weighted by molar-refractivity contribution is 7.07. The van der Waals surface area contributed by atoms with Crippen molar-refractivity contribution in [3.8, 4) is 0 Å². The molecule has 3 N–H and O–H groups in total. The number of nitrogens with one attached hydrogen (secondary N) is 1. The van der Waals surface area contributed by atoms with Gasteiger partial charge in [0.15, 0.2) is 0 Å². The number of hydrogen-bond donors (Lipinski definition) is 2. The summed E-state index contributed by atoms with van der Waals surface area (Å²) in [5.41, 5.74) is 5.47. The van der Waals surface area contributed by atoms with Crippen LogP contribution in [0.2, 0.25) is 0 Å². The van der Waals surface area contributed by atoms with E-state index in [4.69, 9.17) is 10.6 Å². The molecule has 0 amide bonds. The van der Waals surface area contributed by atoms with Gasteiger partial charge in [-0.25, -0.2) is 4.98 Å². The molecule has 17 heavy (non-hydrogen) atoms. The molecule has 0 bridgehead atoms. The molecule has 1 aliphatic rings. The molecule has 0 saturated carbocycles. The van der Waals surface area contributed by atoms with Crippen molar-refractivity contribution in [1.82, 2.24) is 10.4 Å². The molecule has 1 aromatic rings. The normalized spacial score (nSPS) is 28.2. The molecule has 1 aromatic heterocycles. The van der Waals surface area contributed by atoms with Crippen LogP contribution in [0.3, 0.4) is 0 Å². The molecule has 2 rings (SSSR count). The van der Waals surface area contributed by atoms with Crippen LogP contribution in [0.15, 0.2) is 10.9 Å². The van der Waals surface area contributed by atoms with Crippen LogP contribution in [0.25, 0.3) is 0 Å². The van der Waals surface area contributed by atoms with Crippen molar-refractivity contribution in [3.63, 3.8) is 0 Å². The van der Waals surface area contributed by atoms with E-state index in [0.717, 1.165) is 12.1 Å². The van der Waals surface area contributed by atoms with Gasteiger partial charge in [-0.1, -0.05) is 0 Å². The topological polar surface area (TPSA) is 60.2 Å². The van der Waals surface area contributed by atoms with Crippen LogP contribution in [0.1, 0.15) is 45.9 Å². The Balaban J connectivity index is 2.26. The maximum Gasteiger partial charge on any atom is 0.0795 e. The van der Waals surface area contributed by atoms with Gasteiger partial charge in [0.05, 0.1) is 28.4 Å². The molecule has 2 atom stereocenters. The van der Waals surface area contributed by atoms with Gasteiger partial charge in [-0.3, -0.25) is 11.3 Å². The highest BCUT2D eigenvalue weighted by Crippen LogP contribution is 2.47. The maximum atomic E-state index is 6.11. The molecular weight excluding hydrogens is 234 g/mol. The molecular formula is C12H21N3OS. The minimum atomic E-state index is -0.190. The molecule has 2 unspecified atom stereocenters. The average Bonchev–Trinajstić information content (AvgIpc) is 2.74. The summed E-state index contributed by atoms with van der Waals surface area (Å²) in [7, 11) is 0. The molecule has 96 valence electrons. The lowest BCUT2D eigenvalue weighted by Gasteiger charge is -2.31. The minimum absolute atomic E-state index is 0.0537. The number of hydrazine groups is 1. The number of aromatic nitrogens is 1. The lowest BCUT2D eigenvalue weighted by atomic mass is 9.81. The molecule has 1 saturated heterocycles. The summed E-state index contributed by atoms with van der Waals surface area (Å²) in [6, 6.07) is 0.0537. The first-order valence-electron chi connectivity index (χ1n) is 5.90. The zero-order valence-corrected chi connectivity index (χ0v) is 11.7. The zero-order valence-electron chi connectivity index (χ0n) is 10.9. The summed E-state index contributed by atoms with van der Waals surface area (Å²) < 4.78 is 6.11. The maximum absolute atomic E-state index is 6.11. The zero-order chi connectivity index (χ0) is 12.7. The number of hydrogen-bond acceptors (Lipinski definition) is 5. The van der Waals surface area contributed by atoms with Gasteiger partial charge >= 0.3 is 0 Å². The molecule has 1 fully saturated rings. The van der Waals surface area contributed by atoms with Crippen LogP contribution in [0.5, 0.6) is 0 Å². The van der Waals surface area contributed by atoms with E-state index in [0.29, 0.717) is 5.92 Å². The fourth-order valence-electron chi connectivity index (χ4n) is 2.91. The third-order valence-electron chi connectivity index (χ3n) is 3.50. The Morgan fingerprint density at radius 1 is 1.53 bits per heavy atom. The standard InChI is InChI=1S/C12H21N3OS/c1-11(2)5-8(12(3,4)16-11)10(15-13)9-6-17-7-14-9/h6-8,10,15H,5,13H2,1-4H3. The van der Waals surface area contributed by atoms with E-state index < -0.39 is 0 Å². The summed E-state index contributed by atoms with van der Waals surface area (Å²) in [6.07, 6.45) is 0.979. The summed E-state index contributed by atoms with van der Waals surface area (Å²) in [5.74, 6) is 6.04. The van der Waals surface area contributed by atoms with Gasteiger partial charge in [0.1, 0.15) is 0 Å². The Kier molecular flexibility index (Phi) is 3.29. The van der Waals surface area contributed by atoms with Crippen molar-refractivity contribution >= 4 is 11.3 Å². The van der Waals surface area contributed by atoms with Crippen molar-refractivity contribution in [1.29, 1.82) is 0 Å². The Morgan fingerprint density at radius 3 is 2.65 bits per heavy atom. The second-order valence-electron chi connectivity index (χ2n) is 5.83. The van der Waals surface area contributed by atoms with Crippen LogP contribution < -0.4 is 11.3 Å². The van der Waals surface area contributed by atoms with E-state index in [1.54, 1.807) is 11.3 Å². The highest BCUT2D eigenvalue weighted by Gasteiger charge is 2.49. The van der Waals surface area contributed by atoms with Gasteiger partial charge in [0.25, 0.3) is 0 Å². The van der Waals surface area contributed by atoms with Gasteiger partial charge in [-0.15, -0.1) is 11.3 Å². The van der Waals surface area contributed by atoms with Crippen molar-refractivity contribution in [2.24, 2.45) is 11.8 Å². The lowest BCUT2D eigenvalue weighted by molar-refractivity contribution is -0.0780. The second-order valence-corrected chi connectivity index (χ2v) is 6.55. The average molecular weight is 255 g/mol. The predicted octanol–water partition coefficient (Wildman–Crippen LogP) is 2.24. The summed E-state index contributed by atoms with van der Waals surface area (Å²) in [6.45, 7) is 8.51. The fourth-order valence-corrected chi connectivity index (χ4v) is 3.50. The van der Waals surface area contributed by atoms with E-state index in [1.807, 2.05) is 10.9 Å². The van der Waals surface area contributed by atoms with E-state index in [-0.39, 0.29) is 17.2 Å². The number of nitrogens with two attached hydrogens (primary N) is 1. The van der Waals surface area contributed by atoms with E-state index in [1.165, 1.54) is 0 Å². The summed E-state index contributed by atoms with van der Waals surface area (Å²) >= 11 is 1.59. The number of ether oxygens (including phenoxy) is 1. The number of thiazole rings is 1. The Labute approximate surface area is 107 Å². The molecule has 0 aliphatic carbocycles. The molecule has 2 heterocycles. The monoisotopic (exact) mass is 255 g/mol. The summed E-state index contributed by atoms with van der Waals surface area (Å²) in [5, 5.41) is 2.05. The first-order valence-corrected chi connectivity index (χ1v) is 6.84. The van der Waals surface area contributed by atoms with Gasteiger partial charge in [0.2, 0.25) is 0 Å². The first-order chi connectivity index (χ1) is 7.86. The van der Waals surface area contributed by atoms with Crippen molar-refractivity contribution in [3.05, 3.63) is 16.6 Å². The van der Waals surface area contributed by atoms with Crippen molar-refractivity contribution in [2.75, 3.05) is 0 Å². The Hall–Kier alpha value is -0.490. The lowest BCUT2D eigenvalue weighted by Crippen LogP contribution is -2.41. The molecule has 0 radical (unpaired) electrons. The summed E-state index contributed by atoms with van der Waals surface area (Å²) in [4.78, 5) is 4.37. The van der Waals surface area contributed by atoms with Gasteiger partial charge < -0.3 is 4.74 Å². The third-order valence-corrected chi connectivity index (χ3v) is 4.10. The largest absolute Gasteiger partial charge is 0.369 e. The van der Waals surface area contributed by atoms with Crippen LogP contribution in [0, 0.1) is 5.92 Å². The Bertz CT molecular complexity index is 375. The van der Waals surface area contributed by atoms with Crippen molar-refractivity contribution in [2.45, 2.75) is 51.4 Å². The second kappa shape index (κ2) is 4.31. The van der Waals surface area contributed by atoms with Gasteiger partial charge in [0, 0.05) is 11.3 Å². The van der Waals surface area contributed by atoms with Crippen molar-refractivity contribution < 1.29 is 4.74 Å². The first kappa shape index (κ1) is 13.0. The molecule has 1 aliphatic heterocycles. The van der Waals surface area contributed by atoms with Crippen LogP contribution in [-0.2, 0) is 4.74 Å². The number of nitrogens with zero attached hydrogens (tertiary/aromatic N) is 1. The molecule has 0 spiro atoms. The molecule has 4 nitrogen and oxygen atoms in total. The van der Waals surface area contributed by atoms with Crippen LogP contribution in [0.4, 0.5) is 0 Å². The number of rotatable bonds is 3. The smallest absolute Gasteiger partial charge is 0.0795 e. The van der Waals surface area contributed by atoms with E-state index in [9.17, 15) is 0 Å². The highest BCUT2D eigenvalue weighted by atomic mass is 32.1. The SMILES string of the molecule is CC1(C)CC(C(NN)c2cscn2)C(C)(C)O1. The quantitative estimate of drug-likeness (QED) is 0.642. The van der Waals surface area contributed by atoms with Gasteiger partial charge in [-0.05, 0) is 34.1 Å². The fraction of sp³-hybridized carbons (Fsp3) is 0.750. The predicted molar refractivity (Wildman–Crippen MR) is 69.5 cm³/mol. The molecule has 0 aromatic carbocycles. The minimum Gasteiger partial charge on any atom is -0.369 e.